The molecule has 1 aromatic carbocycles. The summed E-state index contributed by atoms with van der Waals surface area (Å²) in [6.45, 7) is 4.83. The largest absolute Gasteiger partial charge is 0.338 e. The fourth-order valence-corrected chi connectivity index (χ4v) is 4.65. The van der Waals surface area contributed by atoms with E-state index in [0.717, 1.165) is 60.4 Å². The van der Waals surface area contributed by atoms with E-state index in [1.165, 1.54) is 18.4 Å². The van der Waals surface area contributed by atoms with Crippen molar-refractivity contribution in [1.29, 1.82) is 0 Å². The van der Waals surface area contributed by atoms with E-state index in [1.807, 2.05) is 30.0 Å². The average molecular weight is 442 g/mol. The number of nitrogens with one attached hydrogen (secondary N) is 1. The molecule has 1 aliphatic carbocycles. The zero-order valence-electron chi connectivity index (χ0n) is 16.2. The molecular weight excluding hydrogens is 413 g/mol. The van der Waals surface area contributed by atoms with E-state index in [2.05, 4.69) is 22.4 Å². The highest BCUT2D eigenvalue weighted by Gasteiger charge is 2.28. The van der Waals surface area contributed by atoms with E-state index in [1.54, 1.807) is 11.3 Å². The zero-order chi connectivity index (χ0) is 17.9. The minimum absolute atomic E-state index is 0. The van der Waals surface area contributed by atoms with Gasteiger partial charge in [0.25, 0.3) is 5.91 Å². The van der Waals surface area contributed by atoms with Crippen LogP contribution in [0.3, 0.4) is 0 Å². The number of piperidine rings is 1. The summed E-state index contributed by atoms with van der Waals surface area (Å²) in [6, 6.07) is 10.9. The number of rotatable bonds is 6. The van der Waals surface area contributed by atoms with E-state index in [9.17, 15) is 4.79 Å². The van der Waals surface area contributed by atoms with Gasteiger partial charge in [-0.2, -0.15) is 0 Å². The van der Waals surface area contributed by atoms with Crippen LogP contribution in [-0.2, 0) is 6.42 Å². The molecule has 2 heterocycles. The van der Waals surface area contributed by atoms with Gasteiger partial charge in [-0.1, -0.05) is 30.3 Å². The number of hydrogen-bond acceptors (Lipinski definition) is 4. The maximum atomic E-state index is 12.9. The summed E-state index contributed by atoms with van der Waals surface area (Å²) < 4.78 is 0. The summed E-state index contributed by atoms with van der Waals surface area (Å²) in [6.07, 6.45) is 5.70. The third kappa shape index (κ3) is 5.93. The average Bonchev–Trinajstić information content (AvgIpc) is 3.43. The fraction of sp³-hybridized carbons (Fsp3) is 0.524. The molecule has 1 amide bonds. The third-order valence-electron chi connectivity index (χ3n) is 5.41. The Morgan fingerprint density at radius 2 is 1.82 bits per heavy atom. The molecule has 0 atom stereocenters. The highest BCUT2D eigenvalue weighted by molar-refractivity contribution is 7.13. The Bertz CT molecular complexity index is 756. The topological polar surface area (TPSA) is 45.2 Å². The molecule has 4 rings (SSSR count). The third-order valence-corrected chi connectivity index (χ3v) is 6.55. The lowest BCUT2D eigenvalue weighted by atomic mass is 10.0. The first-order valence-electron chi connectivity index (χ1n) is 9.72. The highest BCUT2D eigenvalue weighted by Crippen LogP contribution is 2.28. The smallest absolute Gasteiger partial charge is 0.265 e. The number of aromatic nitrogens is 1. The molecule has 4 nitrogen and oxygen atoms in total. The van der Waals surface area contributed by atoms with Crippen molar-refractivity contribution >= 4 is 42.1 Å². The minimum Gasteiger partial charge on any atom is -0.338 e. The molecule has 28 heavy (non-hydrogen) atoms. The number of likely N-dealkylation sites (tertiary alicyclic amines) is 1. The van der Waals surface area contributed by atoms with Crippen LogP contribution in [0.4, 0.5) is 0 Å². The first-order chi connectivity index (χ1) is 12.7. The molecule has 2 aliphatic rings. The van der Waals surface area contributed by atoms with Crippen LogP contribution in [0, 0.1) is 12.8 Å². The predicted octanol–water partition coefficient (Wildman–Crippen LogP) is 4.49. The second-order valence-corrected chi connectivity index (χ2v) is 8.69. The van der Waals surface area contributed by atoms with Crippen LogP contribution in [-0.4, -0.2) is 41.5 Å². The van der Waals surface area contributed by atoms with E-state index >= 15 is 0 Å². The number of benzene rings is 1. The van der Waals surface area contributed by atoms with Crippen LogP contribution in [0.2, 0.25) is 0 Å². The van der Waals surface area contributed by atoms with Crippen LogP contribution >= 0.6 is 36.2 Å². The van der Waals surface area contributed by atoms with Gasteiger partial charge >= 0.3 is 0 Å². The number of aryl methyl sites for hydroxylation is 1. The van der Waals surface area contributed by atoms with Gasteiger partial charge in [-0.25, -0.2) is 4.98 Å². The van der Waals surface area contributed by atoms with Crippen molar-refractivity contribution in [2.24, 2.45) is 5.92 Å². The molecule has 0 unspecified atom stereocenters. The standard InChI is InChI=1S/C21H27N3OS.2ClH/c1-15-20(26-19(23-15)13-16-5-3-2-4-6-16)21(25)24-11-9-18(10-12-24)22-14-17-7-8-17;;/h2-6,17-18,22H,7-14H2,1H3;2*1H. The predicted molar refractivity (Wildman–Crippen MR) is 120 cm³/mol. The van der Waals surface area contributed by atoms with Gasteiger partial charge in [0.2, 0.25) is 0 Å². The van der Waals surface area contributed by atoms with Gasteiger partial charge in [-0.15, -0.1) is 36.2 Å². The summed E-state index contributed by atoms with van der Waals surface area (Å²) >= 11 is 1.56. The van der Waals surface area contributed by atoms with Crippen LogP contribution in [0.1, 0.15) is 51.6 Å². The van der Waals surface area contributed by atoms with Gasteiger partial charge in [0.05, 0.1) is 10.7 Å². The van der Waals surface area contributed by atoms with Crippen LogP contribution < -0.4 is 5.32 Å². The van der Waals surface area contributed by atoms with Crippen molar-refractivity contribution in [2.75, 3.05) is 19.6 Å². The molecule has 7 heteroatoms. The van der Waals surface area contributed by atoms with E-state index < -0.39 is 0 Å². The number of thiazole rings is 1. The maximum absolute atomic E-state index is 12.9. The van der Waals surface area contributed by atoms with Crippen molar-refractivity contribution in [3.8, 4) is 0 Å². The maximum Gasteiger partial charge on any atom is 0.265 e. The number of hydrogen-bond donors (Lipinski definition) is 1. The summed E-state index contributed by atoms with van der Waals surface area (Å²) in [7, 11) is 0. The number of carbonyl (C=O) groups is 1. The molecule has 0 bridgehead atoms. The molecule has 1 aliphatic heterocycles. The monoisotopic (exact) mass is 441 g/mol. The molecule has 1 N–H and O–H groups in total. The lowest BCUT2D eigenvalue weighted by Gasteiger charge is -2.32. The molecule has 2 fully saturated rings. The van der Waals surface area contributed by atoms with E-state index in [-0.39, 0.29) is 30.7 Å². The van der Waals surface area contributed by atoms with Crippen molar-refractivity contribution in [3.63, 3.8) is 0 Å². The van der Waals surface area contributed by atoms with Gasteiger partial charge in [-0.3, -0.25) is 4.79 Å². The molecule has 154 valence electrons. The van der Waals surface area contributed by atoms with Gasteiger partial charge in [0, 0.05) is 25.6 Å². The molecule has 0 spiro atoms. The Kier molecular flexibility index (Phi) is 8.75. The van der Waals surface area contributed by atoms with Crippen LogP contribution in [0.5, 0.6) is 0 Å². The minimum atomic E-state index is 0. The summed E-state index contributed by atoms with van der Waals surface area (Å²) in [5.74, 6) is 1.08. The lowest BCUT2D eigenvalue weighted by molar-refractivity contribution is 0.0709. The normalized spacial score (nSPS) is 17.0. The van der Waals surface area contributed by atoms with Gasteiger partial charge < -0.3 is 10.2 Å². The first-order valence-corrected chi connectivity index (χ1v) is 10.5. The highest BCUT2D eigenvalue weighted by atomic mass is 35.5. The summed E-state index contributed by atoms with van der Waals surface area (Å²) in [5, 5.41) is 4.70. The second-order valence-electron chi connectivity index (χ2n) is 7.60. The van der Waals surface area contributed by atoms with Gasteiger partial charge in [0.1, 0.15) is 4.88 Å². The molecular formula is C21H29Cl2N3OS. The van der Waals surface area contributed by atoms with Crippen molar-refractivity contribution in [3.05, 3.63) is 51.5 Å². The number of amides is 1. The molecule has 2 aromatic rings. The summed E-state index contributed by atoms with van der Waals surface area (Å²) in [5.41, 5.74) is 2.11. The quantitative estimate of drug-likeness (QED) is 0.717. The van der Waals surface area contributed by atoms with Crippen molar-refractivity contribution < 1.29 is 4.79 Å². The van der Waals surface area contributed by atoms with Crippen molar-refractivity contribution in [2.45, 2.75) is 45.1 Å². The first kappa shape index (κ1) is 23.1. The molecule has 0 radical (unpaired) electrons. The number of carbonyl (C=O) groups excluding carboxylic acids is 1. The van der Waals surface area contributed by atoms with Crippen LogP contribution in [0.15, 0.2) is 30.3 Å². The molecule has 1 saturated carbocycles. The fourth-order valence-electron chi connectivity index (χ4n) is 3.58. The summed E-state index contributed by atoms with van der Waals surface area (Å²) in [4.78, 5) is 20.4. The van der Waals surface area contributed by atoms with E-state index in [0.29, 0.717) is 6.04 Å². The van der Waals surface area contributed by atoms with E-state index in [4.69, 9.17) is 0 Å². The SMILES string of the molecule is Cc1nc(Cc2ccccc2)sc1C(=O)N1CCC(NCC2CC2)CC1.Cl.Cl. The number of halogens is 2. The molecule has 1 aromatic heterocycles. The van der Waals surface area contributed by atoms with Gasteiger partial charge in [0.15, 0.2) is 0 Å². The Morgan fingerprint density at radius 1 is 1.14 bits per heavy atom. The van der Waals surface area contributed by atoms with Crippen molar-refractivity contribution in [1.82, 2.24) is 15.2 Å². The Hall–Kier alpha value is -1.14. The Morgan fingerprint density at radius 3 is 2.46 bits per heavy atom. The molecule has 1 saturated heterocycles. The lowest BCUT2D eigenvalue weighted by Crippen LogP contribution is -2.45. The Labute approximate surface area is 183 Å². The van der Waals surface area contributed by atoms with Gasteiger partial charge in [-0.05, 0) is 50.6 Å². The number of nitrogens with zero attached hydrogens (tertiary/aromatic N) is 2. The Balaban J connectivity index is 0.00000140. The second kappa shape index (κ2) is 10.6. The zero-order valence-corrected chi connectivity index (χ0v) is 18.7. The van der Waals surface area contributed by atoms with Crippen LogP contribution in [0.25, 0.3) is 0 Å².